The third-order valence-electron chi connectivity index (χ3n) is 3.43. The Morgan fingerprint density at radius 1 is 1.37 bits per heavy atom. The van der Waals surface area contributed by atoms with E-state index in [0.29, 0.717) is 25.7 Å². The second kappa shape index (κ2) is 7.85. The van der Waals surface area contributed by atoms with Crippen molar-refractivity contribution < 1.29 is 14.3 Å². The van der Waals surface area contributed by atoms with Crippen molar-refractivity contribution in [1.82, 2.24) is 5.32 Å². The van der Waals surface area contributed by atoms with Crippen LogP contribution in [0.4, 0.5) is 0 Å². The van der Waals surface area contributed by atoms with Gasteiger partial charge in [0.25, 0.3) is 0 Å². The maximum Gasteiger partial charge on any atom is 0.329 e. The highest BCUT2D eigenvalue weighted by molar-refractivity contribution is 5.82. The van der Waals surface area contributed by atoms with Gasteiger partial charge in [-0.15, -0.1) is 0 Å². The number of hydrogen-bond donors (Lipinski definition) is 1. The highest BCUT2D eigenvalue weighted by atomic mass is 16.5. The van der Waals surface area contributed by atoms with Gasteiger partial charge in [-0.1, -0.05) is 13.3 Å². The van der Waals surface area contributed by atoms with Crippen LogP contribution >= 0.6 is 0 Å². The predicted octanol–water partition coefficient (Wildman–Crippen LogP) is 2.51. The summed E-state index contributed by atoms with van der Waals surface area (Å²) in [7, 11) is 0. The Kier molecular flexibility index (Phi) is 6.80. The van der Waals surface area contributed by atoms with Crippen LogP contribution in [0, 0.1) is 5.92 Å². The summed E-state index contributed by atoms with van der Waals surface area (Å²) in [5.41, 5.74) is -0.641. The lowest BCUT2D eigenvalue weighted by Crippen LogP contribution is -2.60. The molecule has 0 aromatic rings. The van der Waals surface area contributed by atoms with Crippen molar-refractivity contribution in [3.05, 3.63) is 0 Å². The molecule has 1 fully saturated rings. The predicted molar refractivity (Wildman–Crippen MR) is 76.1 cm³/mol. The van der Waals surface area contributed by atoms with Crippen molar-refractivity contribution in [3.63, 3.8) is 0 Å². The van der Waals surface area contributed by atoms with Crippen LogP contribution in [0.2, 0.25) is 0 Å². The van der Waals surface area contributed by atoms with Crippen molar-refractivity contribution in [1.29, 1.82) is 0 Å². The first-order chi connectivity index (χ1) is 9.06. The van der Waals surface area contributed by atoms with Gasteiger partial charge in [0.1, 0.15) is 5.54 Å². The third-order valence-corrected chi connectivity index (χ3v) is 3.43. The van der Waals surface area contributed by atoms with Crippen molar-refractivity contribution in [2.45, 2.75) is 65.0 Å². The minimum Gasteiger partial charge on any atom is -0.465 e. The van der Waals surface area contributed by atoms with Crippen LogP contribution in [-0.2, 0) is 14.3 Å². The van der Waals surface area contributed by atoms with Crippen LogP contribution in [0.3, 0.4) is 0 Å². The number of nitrogens with one attached hydrogen (secondary N) is 1. The van der Waals surface area contributed by atoms with Crippen LogP contribution in [0.15, 0.2) is 0 Å². The van der Waals surface area contributed by atoms with Gasteiger partial charge in [0.15, 0.2) is 0 Å². The lowest BCUT2D eigenvalue weighted by molar-refractivity contribution is -0.156. The maximum absolute atomic E-state index is 12.4. The molecular weight excluding hydrogens is 242 g/mol. The van der Waals surface area contributed by atoms with Crippen LogP contribution in [0.5, 0.6) is 0 Å². The Morgan fingerprint density at radius 3 is 2.53 bits per heavy atom. The molecule has 1 atom stereocenters. The molecule has 0 aromatic heterocycles. The van der Waals surface area contributed by atoms with Gasteiger partial charge >= 0.3 is 5.97 Å². The summed E-state index contributed by atoms with van der Waals surface area (Å²) in [6, 6.07) is 0.236. The quantitative estimate of drug-likeness (QED) is 0.490. The number of carbonyl (C=O) groups excluding carboxylic acids is 1. The summed E-state index contributed by atoms with van der Waals surface area (Å²) in [6.45, 7) is 9.66. The molecule has 1 rings (SSSR count). The van der Waals surface area contributed by atoms with E-state index in [0.717, 1.165) is 25.7 Å². The maximum atomic E-state index is 12.4. The highest BCUT2D eigenvalue weighted by Gasteiger charge is 2.52. The molecule has 0 radical (unpaired) electrons. The molecule has 19 heavy (non-hydrogen) atoms. The van der Waals surface area contributed by atoms with E-state index in [1.165, 1.54) is 0 Å². The fourth-order valence-electron chi connectivity index (χ4n) is 2.39. The SMILES string of the molecule is CCCCOCC(NC(C)C)(C(=O)OCC)C1CC1. The molecule has 0 aliphatic heterocycles. The molecule has 112 valence electrons. The van der Waals surface area contributed by atoms with E-state index in [1.807, 2.05) is 6.92 Å². The van der Waals surface area contributed by atoms with Gasteiger partial charge < -0.3 is 9.47 Å². The number of rotatable bonds is 10. The Morgan fingerprint density at radius 2 is 2.05 bits per heavy atom. The molecule has 1 saturated carbocycles. The van der Waals surface area contributed by atoms with E-state index in [-0.39, 0.29) is 12.0 Å². The largest absolute Gasteiger partial charge is 0.465 e. The Hall–Kier alpha value is -0.610. The lowest BCUT2D eigenvalue weighted by atomic mass is 9.93. The van der Waals surface area contributed by atoms with Gasteiger partial charge in [0.05, 0.1) is 13.2 Å². The van der Waals surface area contributed by atoms with E-state index >= 15 is 0 Å². The van der Waals surface area contributed by atoms with Gasteiger partial charge in [-0.25, -0.2) is 4.79 Å². The Bertz CT molecular complexity index is 277. The first kappa shape index (κ1) is 16.4. The second-order valence-corrected chi connectivity index (χ2v) is 5.67. The molecule has 1 N–H and O–H groups in total. The van der Waals surface area contributed by atoms with E-state index < -0.39 is 5.54 Å². The van der Waals surface area contributed by atoms with Crippen LogP contribution in [-0.4, -0.2) is 37.4 Å². The molecule has 4 heteroatoms. The minimum absolute atomic E-state index is 0.150. The summed E-state index contributed by atoms with van der Waals surface area (Å²) in [5, 5.41) is 3.42. The van der Waals surface area contributed by atoms with Crippen molar-refractivity contribution in [2.24, 2.45) is 5.92 Å². The van der Waals surface area contributed by atoms with Gasteiger partial charge in [0, 0.05) is 12.6 Å². The first-order valence-corrected chi connectivity index (χ1v) is 7.59. The zero-order chi connectivity index (χ0) is 14.3. The molecular formula is C15H29NO3. The van der Waals surface area contributed by atoms with Crippen molar-refractivity contribution >= 4 is 5.97 Å². The zero-order valence-corrected chi connectivity index (χ0v) is 12.8. The molecule has 1 unspecified atom stereocenters. The molecule has 0 saturated heterocycles. The lowest BCUT2D eigenvalue weighted by Gasteiger charge is -2.34. The minimum atomic E-state index is -0.641. The molecule has 0 spiro atoms. The first-order valence-electron chi connectivity index (χ1n) is 7.59. The van der Waals surface area contributed by atoms with Crippen molar-refractivity contribution in [2.75, 3.05) is 19.8 Å². The molecule has 1 aliphatic carbocycles. The summed E-state index contributed by atoms with van der Waals surface area (Å²) in [6.07, 6.45) is 4.30. The van der Waals surface area contributed by atoms with Gasteiger partial charge in [0.2, 0.25) is 0 Å². The smallest absolute Gasteiger partial charge is 0.329 e. The fraction of sp³-hybridized carbons (Fsp3) is 0.933. The van der Waals surface area contributed by atoms with Gasteiger partial charge in [-0.2, -0.15) is 0 Å². The number of ether oxygens (including phenoxy) is 2. The van der Waals surface area contributed by atoms with Crippen LogP contribution in [0.25, 0.3) is 0 Å². The number of esters is 1. The summed E-state index contributed by atoms with van der Waals surface area (Å²) in [5.74, 6) is 0.207. The standard InChI is InChI=1S/C15H29NO3/c1-5-7-10-18-11-15(13-8-9-13,16-12(3)4)14(17)19-6-2/h12-13,16H,5-11H2,1-4H3. The van der Waals surface area contributed by atoms with Gasteiger partial charge in [-0.05, 0) is 46.0 Å². The summed E-state index contributed by atoms with van der Waals surface area (Å²) >= 11 is 0. The molecule has 0 heterocycles. The average molecular weight is 271 g/mol. The molecule has 0 bridgehead atoms. The number of unbranched alkanes of at least 4 members (excludes halogenated alkanes) is 1. The highest BCUT2D eigenvalue weighted by Crippen LogP contribution is 2.41. The molecule has 4 nitrogen and oxygen atoms in total. The topological polar surface area (TPSA) is 47.6 Å². The van der Waals surface area contributed by atoms with E-state index in [9.17, 15) is 4.79 Å². The number of carbonyl (C=O) groups is 1. The monoisotopic (exact) mass is 271 g/mol. The third kappa shape index (κ3) is 4.77. The van der Waals surface area contributed by atoms with E-state index in [1.54, 1.807) is 0 Å². The molecule has 0 amide bonds. The van der Waals surface area contributed by atoms with Gasteiger partial charge in [-0.3, -0.25) is 5.32 Å². The number of hydrogen-bond acceptors (Lipinski definition) is 4. The fourth-order valence-corrected chi connectivity index (χ4v) is 2.39. The molecule has 1 aliphatic rings. The Balaban J connectivity index is 2.70. The summed E-state index contributed by atoms with van der Waals surface area (Å²) < 4.78 is 11.0. The summed E-state index contributed by atoms with van der Waals surface area (Å²) in [4.78, 5) is 12.4. The van der Waals surface area contributed by atoms with Crippen LogP contribution < -0.4 is 5.32 Å². The Labute approximate surface area is 117 Å². The average Bonchev–Trinajstić information content (AvgIpc) is 3.17. The normalized spacial score (nSPS) is 18.4. The van der Waals surface area contributed by atoms with Crippen LogP contribution in [0.1, 0.15) is 53.4 Å². The van der Waals surface area contributed by atoms with Crippen molar-refractivity contribution in [3.8, 4) is 0 Å². The zero-order valence-electron chi connectivity index (χ0n) is 12.8. The molecule has 0 aromatic carbocycles. The van der Waals surface area contributed by atoms with E-state index in [4.69, 9.17) is 9.47 Å². The second-order valence-electron chi connectivity index (χ2n) is 5.67. The van der Waals surface area contributed by atoms with E-state index in [2.05, 4.69) is 26.1 Å².